The molecule has 7 nitrogen and oxygen atoms in total. The first-order chi connectivity index (χ1) is 13.4. The van der Waals surface area contributed by atoms with Crippen molar-refractivity contribution in [1.29, 1.82) is 0 Å². The van der Waals surface area contributed by atoms with Gasteiger partial charge in [-0.3, -0.25) is 4.68 Å². The van der Waals surface area contributed by atoms with E-state index in [2.05, 4.69) is 5.10 Å². The minimum Gasteiger partial charge on any atom is -0.493 e. The summed E-state index contributed by atoms with van der Waals surface area (Å²) in [6, 6.07) is 5.78. The molecule has 1 aromatic carbocycles. The van der Waals surface area contributed by atoms with Gasteiger partial charge in [-0.1, -0.05) is 6.92 Å². The third-order valence-electron chi connectivity index (χ3n) is 4.81. The van der Waals surface area contributed by atoms with Gasteiger partial charge in [0.1, 0.15) is 5.82 Å². The number of hydrogen-bond acceptors (Lipinski definition) is 6. The molecule has 0 radical (unpaired) electrons. The summed E-state index contributed by atoms with van der Waals surface area (Å²) in [5.41, 5.74) is 5.56. The van der Waals surface area contributed by atoms with Crippen LogP contribution < -0.4 is 14.2 Å². The van der Waals surface area contributed by atoms with Gasteiger partial charge in [-0.2, -0.15) is 5.10 Å². The topological polar surface area (TPSA) is 71.3 Å². The summed E-state index contributed by atoms with van der Waals surface area (Å²) in [4.78, 5) is 9.48. The van der Waals surface area contributed by atoms with Gasteiger partial charge in [-0.15, -0.1) is 0 Å². The summed E-state index contributed by atoms with van der Waals surface area (Å²) < 4.78 is 18.3. The van der Waals surface area contributed by atoms with Crippen molar-refractivity contribution in [2.24, 2.45) is 7.05 Å². The van der Waals surface area contributed by atoms with E-state index in [4.69, 9.17) is 24.2 Å². The smallest absolute Gasteiger partial charge is 0.203 e. The van der Waals surface area contributed by atoms with Gasteiger partial charge in [0.05, 0.1) is 38.4 Å². The van der Waals surface area contributed by atoms with Crippen LogP contribution in [0.15, 0.2) is 18.2 Å². The molecule has 3 aromatic rings. The fourth-order valence-corrected chi connectivity index (χ4v) is 3.30. The molecule has 7 heteroatoms. The highest BCUT2D eigenvalue weighted by Gasteiger charge is 2.18. The predicted molar refractivity (Wildman–Crippen MR) is 108 cm³/mol. The lowest BCUT2D eigenvalue weighted by atomic mass is 10.0. The zero-order chi connectivity index (χ0) is 20.4. The Morgan fingerprint density at radius 3 is 1.96 bits per heavy atom. The minimum atomic E-state index is 0.553. The number of aryl methyl sites for hydroxylation is 3. The molecule has 0 saturated carbocycles. The zero-order valence-corrected chi connectivity index (χ0v) is 17.5. The number of methoxy groups -OCH3 is 3. The molecule has 0 bridgehead atoms. The quantitative estimate of drug-likeness (QED) is 0.647. The molecule has 0 atom stereocenters. The van der Waals surface area contributed by atoms with Gasteiger partial charge >= 0.3 is 0 Å². The van der Waals surface area contributed by atoms with Crippen molar-refractivity contribution in [3.63, 3.8) is 0 Å². The highest BCUT2D eigenvalue weighted by atomic mass is 16.5. The number of nitrogens with zero attached hydrogens (tertiary/aromatic N) is 4. The lowest BCUT2D eigenvalue weighted by molar-refractivity contribution is 0.324. The Kier molecular flexibility index (Phi) is 5.53. The van der Waals surface area contributed by atoms with Crippen LogP contribution in [-0.4, -0.2) is 41.1 Å². The largest absolute Gasteiger partial charge is 0.493 e. The fraction of sp³-hybridized carbons (Fsp3) is 0.381. The van der Waals surface area contributed by atoms with Gasteiger partial charge in [0.2, 0.25) is 5.75 Å². The van der Waals surface area contributed by atoms with Crippen LogP contribution in [0.3, 0.4) is 0 Å². The van der Waals surface area contributed by atoms with E-state index < -0.39 is 0 Å². The molecule has 0 amide bonds. The summed E-state index contributed by atoms with van der Waals surface area (Å²) >= 11 is 0. The highest BCUT2D eigenvalue weighted by Crippen LogP contribution is 2.41. The number of ether oxygens (including phenoxy) is 3. The first-order valence-electron chi connectivity index (χ1n) is 9.12. The van der Waals surface area contributed by atoms with Crippen molar-refractivity contribution in [3.8, 4) is 39.8 Å². The Morgan fingerprint density at radius 1 is 0.893 bits per heavy atom. The average Bonchev–Trinajstić information content (AvgIpc) is 2.97. The van der Waals surface area contributed by atoms with Crippen molar-refractivity contribution in [3.05, 3.63) is 35.4 Å². The SMILES string of the molecule is CCc1nc(-c2cc(OC)c(OC)c(OC)c2)cc(-c2c(C)nn(C)c2C)n1. The molecule has 0 aliphatic carbocycles. The van der Waals surface area contributed by atoms with Crippen LogP contribution >= 0.6 is 0 Å². The van der Waals surface area contributed by atoms with Gasteiger partial charge in [-0.05, 0) is 32.0 Å². The highest BCUT2D eigenvalue weighted by molar-refractivity contribution is 5.74. The lowest BCUT2D eigenvalue weighted by Crippen LogP contribution is -2.01. The summed E-state index contributed by atoms with van der Waals surface area (Å²) in [5.74, 6) is 2.49. The van der Waals surface area contributed by atoms with Crippen LogP contribution in [-0.2, 0) is 13.5 Å². The van der Waals surface area contributed by atoms with Gasteiger partial charge in [0, 0.05) is 30.3 Å². The number of aromatic nitrogens is 4. The Hall–Kier alpha value is -3.09. The standard InChI is InChI=1S/C21H26N4O3/c1-8-19-22-15(11-16(23-19)20-12(2)24-25(4)13(20)3)14-9-17(26-5)21(28-7)18(10-14)27-6/h9-11H,8H2,1-7H3. The van der Waals surface area contributed by atoms with Crippen molar-refractivity contribution in [2.75, 3.05) is 21.3 Å². The minimum absolute atomic E-state index is 0.553. The second-order valence-electron chi connectivity index (χ2n) is 6.49. The van der Waals surface area contributed by atoms with Gasteiger partial charge in [0.25, 0.3) is 0 Å². The molecule has 0 saturated heterocycles. The van der Waals surface area contributed by atoms with Crippen LogP contribution in [0.5, 0.6) is 17.2 Å². The second kappa shape index (κ2) is 7.88. The Bertz CT molecular complexity index is 986. The van der Waals surface area contributed by atoms with Gasteiger partial charge in [-0.25, -0.2) is 9.97 Å². The van der Waals surface area contributed by atoms with Crippen LogP contribution in [0.1, 0.15) is 24.1 Å². The van der Waals surface area contributed by atoms with Crippen molar-refractivity contribution in [2.45, 2.75) is 27.2 Å². The van der Waals surface area contributed by atoms with E-state index in [-0.39, 0.29) is 0 Å². The third kappa shape index (κ3) is 3.40. The number of benzene rings is 1. The first-order valence-corrected chi connectivity index (χ1v) is 9.12. The normalized spacial score (nSPS) is 10.8. The average molecular weight is 382 g/mol. The van der Waals surface area contributed by atoms with Crippen LogP contribution in [0.25, 0.3) is 22.5 Å². The molecule has 0 spiro atoms. The predicted octanol–water partition coefficient (Wildman–Crippen LogP) is 3.75. The molecule has 0 aliphatic heterocycles. The maximum absolute atomic E-state index is 5.49. The van der Waals surface area contributed by atoms with E-state index in [1.807, 2.05) is 50.7 Å². The summed E-state index contributed by atoms with van der Waals surface area (Å²) in [5, 5.41) is 4.52. The molecule has 0 N–H and O–H groups in total. The molecule has 0 fully saturated rings. The maximum atomic E-state index is 5.49. The van der Waals surface area contributed by atoms with Crippen LogP contribution in [0.2, 0.25) is 0 Å². The summed E-state index contributed by atoms with van der Waals surface area (Å²) in [7, 11) is 6.73. The second-order valence-corrected chi connectivity index (χ2v) is 6.49. The molecule has 28 heavy (non-hydrogen) atoms. The van der Waals surface area contributed by atoms with E-state index in [0.717, 1.165) is 46.1 Å². The summed E-state index contributed by atoms with van der Waals surface area (Å²) in [6.07, 6.45) is 0.726. The number of rotatable bonds is 6. The third-order valence-corrected chi connectivity index (χ3v) is 4.81. The van der Waals surface area contributed by atoms with E-state index >= 15 is 0 Å². The molecule has 148 valence electrons. The lowest BCUT2D eigenvalue weighted by Gasteiger charge is -2.15. The Balaban J connectivity index is 2.23. The molecular formula is C21H26N4O3. The molecule has 2 aromatic heterocycles. The van der Waals surface area contributed by atoms with Crippen LogP contribution in [0, 0.1) is 13.8 Å². The first kappa shape index (κ1) is 19.7. The van der Waals surface area contributed by atoms with E-state index in [1.165, 1.54) is 0 Å². The molecule has 3 rings (SSSR count). The van der Waals surface area contributed by atoms with Crippen molar-refractivity contribution >= 4 is 0 Å². The Labute approximate surface area is 165 Å². The molecule has 2 heterocycles. The van der Waals surface area contributed by atoms with Gasteiger partial charge in [0.15, 0.2) is 11.5 Å². The van der Waals surface area contributed by atoms with Crippen molar-refractivity contribution < 1.29 is 14.2 Å². The van der Waals surface area contributed by atoms with Gasteiger partial charge < -0.3 is 14.2 Å². The Morgan fingerprint density at radius 2 is 1.50 bits per heavy atom. The maximum Gasteiger partial charge on any atom is 0.203 e. The molecular weight excluding hydrogens is 356 g/mol. The summed E-state index contributed by atoms with van der Waals surface area (Å²) in [6.45, 7) is 6.08. The van der Waals surface area contributed by atoms with E-state index in [1.54, 1.807) is 21.3 Å². The van der Waals surface area contributed by atoms with E-state index in [0.29, 0.717) is 17.2 Å². The van der Waals surface area contributed by atoms with E-state index in [9.17, 15) is 0 Å². The number of hydrogen-bond donors (Lipinski definition) is 0. The van der Waals surface area contributed by atoms with Crippen LogP contribution in [0.4, 0.5) is 0 Å². The van der Waals surface area contributed by atoms with Crippen molar-refractivity contribution in [1.82, 2.24) is 19.7 Å². The fourth-order valence-electron chi connectivity index (χ4n) is 3.30. The molecule has 0 unspecified atom stereocenters. The monoisotopic (exact) mass is 382 g/mol. The molecule has 0 aliphatic rings. The zero-order valence-electron chi connectivity index (χ0n) is 17.5.